The fourth-order valence-corrected chi connectivity index (χ4v) is 2.43. The highest BCUT2D eigenvalue weighted by molar-refractivity contribution is 5.79. The zero-order chi connectivity index (χ0) is 20.1. The summed E-state index contributed by atoms with van der Waals surface area (Å²) in [6.07, 6.45) is -5.09. The highest BCUT2D eigenvalue weighted by Crippen LogP contribution is 2.19. The first-order valence-electron chi connectivity index (χ1n) is 9.41. The molecular formula is C19H31F3N4O. The van der Waals surface area contributed by atoms with Crippen molar-refractivity contribution in [2.75, 3.05) is 39.3 Å². The smallest absolute Gasteiger partial charge is 0.390 e. The number of halogens is 3. The fraction of sp³-hybridized carbons (Fsp3) is 0.632. The van der Waals surface area contributed by atoms with Gasteiger partial charge in [-0.3, -0.25) is 0 Å². The third-order valence-corrected chi connectivity index (χ3v) is 3.98. The number of likely N-dealkylation sites (N-methyl/N-ethyl adjacent to an activating group) is 1. The molecule has 1 aromatic carbocycles. The summed E-state index contributed by atoms with van der Waals surface area (Å²) in [6.45, 7) is 10.1. The lowest BCUT2D eigenvalue weighted by atomic mass is 10.2. The van der Waals surface area contributed by atoms with Crippen molar-refractivity contribution in [3.8, 4) is 5.75 Å². The Bertz CT molecular complexity index is 560. The largest absolute Gasteiger partial charge is 0.492 e. The predicted molar refractivity (Wildman–Crippen MR) is 103 cm³/mol. The number of nitrogens with one attached hydrogen (secondary N) is 2. The van der Waals surface area contributed by atoms with Gasteiger partial charge >= 0.3 is 6.18 Å². The summed E-state index contributed by atoms with van der Waals surface area (Å²) < 4.78 is 42.8. The molecule has 0 unspecified atom stereocenters. The first kappa shape index (κ1) is 23.1. The van der Waals surface area contributed by atoms with E-state index in [1.165, 1.54) is 0 Å². The molecule has 0 saturated heterocycles. The number of nitrogens with zero attached hydrogens (tertiary/aromatic N) is 2. The van der Waals surface area contributed by atoms with Crippen LogP contribution in [0.2, 0.25) is 0 Å². The number of ether oxygens (including phenoxy) is 1. The van der Waals surface area contributed by atoms with E-state index in [-0.39, 0.29) is 6.54 Å². The Hall–Kier alpha value is -1.96. The lowest BCUT2D eigenvalue weighted by Gasteiger charge is -2.19. The first-order chi connectivity index (χ1) is 12.9. The number of para-hydroxylation sites is 1. The number of hydrogen-bond donors (Lipinski definition) is 2. The van der Waals surface area contributed by atoms with Gasteiger partial charge in [-0.2, -0.15) is 13.2 Å². The van der Waals surface area contributed by atoms with Crippen LogP contribution in [0.1, 0.15) is 32.8 Å². The van der Waals surface area contributed by atoms with Gasteiger partial charge in [-0.25, -0.2) is 4.99 Å². The lowest BCUT2D eigenvalue weighted by molar-refractivity contribution is -0.132. The van der Waals surface area contributed by atoms with Crippen LogP contribution in [0.4, 0.5) is 13.2 Å². The minimum Gasteiger partial charge on any atom is -0.492 e. The van der Waals surface area contributed by atoms with Crippen molar-refractivity contribution in [2.45, 2.75) is 39.9 Å². The van der Waals surface area contributed by atoms with E-state index in [0.717, 1.165) is 30.9 Å². The molecule has 154 valence electrons. The fourth-order valence-electron chi connectivity index (χ4n) is 2.43. The van der Waals surface area contributed by atoms with Gasteiger partial charge in [0.2, 0.25) is 0 Å². The molecule has 1 rings (SSSR count). The normalized spacial score (nSPS) is 12.3. The number of guanidine groups is 1. The molecule has 0 spiro atoms. The molecule has 0 aliphatic carbocycles. The number of aliphatic imine (C=N–C) groups is 1. The van der Waals surface area contributed by atoms with Crippen LogP contribution in [-0.4, -0.2) is 56.4 Å². The zero-order valence-corrected chi connectivity index (χ0v) is 16.4. The zero-order valence-electron chi connectivity index (χ0n) is 16.4. The summed E-state index contributed by atoms with van der Waals surface area (Å²) >= 11 is 0. The molecule has 0 heterocycles. The Morgan fingerprint density at radius 1 is 1.11 bits per heavy atom. The minimum absolute atomic E-state index is 0.211. The van der Waals surface area contributed by atoms with Gasteiger partial charge in [-0.05, 0) is 26.1 Å². The predicted octanol–water partition coefficient (Wildman–Crippen LogP) is 3.41. The average molecular weight is 388 g/mol. The summed E-state index contributed by atoms with van der Waals surface area (Å²) in [5.74, 6) is 1.11. The van der Waals surface area contributed by atoms with Crippen molar-refractivity contribution in [3.63, 3.8) is 0 Å². The summed E-state index contributed by atoms with van der Waals surface area (Å²) in [7, 11) is 0. The van der Waals surface area contributed by atoms with E-state index in [9.17, 15) is 13.2 Å². The monoisotopic (exact) mass is 388 g/mol. The van der Waals surface area contributed by atoms with Gasteiger partial charge in [0.25, 0.3) is 0 Å². The first-order valence-corrected chi connectivity index (χ1v) is 9.41. The van der Waals surface area contributed by atoms with E-state index in [2.05, 4.69) is 34.4 Å². The van der Waals surface area contributed by atoms with Gasteiger partial charge in [-0.15, -0.1) is 0 Å². The summed E-state index contributed by atoms with van der Waals surface area (Å²) in [4.78, 5) is 6.65. The molecule has 0 aliphatic rings. The van der Waals surface area contributed by atoms with Crippen molar-refractivity contribution in [1.82, 2.24) is 15.5 Å². The Morgan fingerprint density at radius 3 is 2.44 bits per heavy atom. The second kappa shape index (κ2) is 12.4. The van der Waals surface area contributed by atoms with Crippen molar-refractivity contribution in [2.24, 2.45) is 4.99 Å². The van der Waals surface area contributed by atoms with Crippen LogP contribution in [-0.2, 0) is 6.54 Å². The SMILES string of the molecule is CCNC(=NCc1ccccc1OCCN(CC)CC)NCCC(F)(F)F. The molecule has 0 saturated carbocycles. The Morgan fingerprint density at radius 2 is 1.81 bits per heavy atom. The van der Waals surface area contributed by atoms with E-state index in [0.29, 0.717) is 25.7 Å². The minimum atomic E-state index is -4.18. The molecule has 0 atom stereocenters. The highest BCUT2D eigenvalue weighted by Gasteiger charge is 2.26. The lowest BCUT2D eigenvalue weighted by Crippen LogP contribution is -2.38. The number of benzene rings is 1. The van der Waals surface area contributed by atoms with Crippen LogP contribution >= 0.6 is 0 Å². The molecule has 0 amide bonds. The molecular weight excluding hydrogens is 357 g/mol. The molecule has 2 N–H and O–H groups in total. The molecule has 0 bridgehead atoms. The van der Waals surface area contributed by atoms with Crippen LogP contribution in [0.15, 0.2) is 29.3 Å². The van der Waals surface area contributed by atoms with E-state index in [1.807, 2.05) is 31.2 Å². The third kappa shape index (κ3) is 10.1. The standard InChI is InChI=1S/C19H31F3N4O/c1-4-23-18(24-12-11-19(20,21)22)25-15-16-9-7-8-10-17(16)27-14-13-26(5-2)6-3/h7-10H,4-6,11-15H2,1-3H3,(H2,23,24,25). The van der Waals surface area contributed by atoms with Crippen LogP contribution in [0.5, 0.6) is 5.75 Å². The molecule has 0 aromatic heterocycles. The number of alkyl halides is 3. The second-order valence-electron chi connectivity index (χ2n) is 5.97. The van der Waals surface area contributed by atoms with Gasteiger partial charge in [0.05, 0.1) is 13.0 Å². The van der Waals surface area contributed by atoms with E-state index < -0.39 is 12.6 Å². The van der Waals surface area contributed by atoms with Crippen LogP contribution in [0, 0.1) is 0 Å². The Kier molecular flexibility index (Phi) is 10.6. The summed E-state index contributed by atoms with van der Waals surface area (Å²) in [5.41, 5.74) is 0.894. The molecule has 1 aromatic rings. The maximum absolute atomic E-state index is 12.3. The maximum atomic E-state index is 12.3. The molecule has 0 fully saturated rings. The van der Waals surface area contributed by atoms with E-state index in [1.54, 1.807) is 0 Å². The molecule has 5 nitrogen and oxygen atoms in total. The third-order valence-electron chi connectivity index (χ3n) is 3.98. The summed E-state index contributed by atoms with van der Waals surface area (Å²) in [5, 5.41) is 5.67. The van der Waals surface area contributed by atoms with E-state index >= 15 is 0 Å². The van der Waals surface area contributed by atoms with Gasteiger partial charge in [-0.1, -0.05) is 32.0 Å². The van der Waals surface area contributed by atoms with Crippen molar-refractivity contribution in [1.29, 1.82) is 0 Å². The average Bonchev–Trinajstić information content (AvgIpc) is 2.63. The van der Waals surface area contributed by atoms with Crippen LogP contribution in [0.25, 0.3) is 0 Å². The number of rotatable bonds is 11. The molecule has 0 radical (unpaired) electrons. The van der Waals surface area contributed by atoms with Gasteiger partial charge < -0.3 is 20.3 Å². The van der Waals surface area contributed by atoms with Crippen molar-refractivity contribution >= 4 is 5.96 Å². The van der Waals surface area contributed by atoms with Gasteiger partial charge in [0.15, 0.2) is 5.96 Å². The maximum Gasteiger partial charge on any atom is 0.390 e. The summed E-state index contributed by atoms with van der Waals surface area (Å²) in [6, 6.07) is 7.59. The van der Waals surface area contributed by atoms with Crippen molar-refractivity contribution in [3.05, 3.63) is 29.8 Å². The second-order valence-corrected chi connectivity index (χ2v) is 5.97. The van der Waals surface area contributed by atoms with Gasteiger partial charge in [0.1, 0.15) is 12.4 Å². The Balaban J connectivity index is 2.65. The quantitative estimate of drug-likeness (QED) is 0.451. The van der Waals surface area contributed by atoms with Crippen LogP contribution < -0.4 is 15.4 Å². The number of hydrogen-bond acceptors (Lipinski definition) is 3. The molecule has 27 heavy (non-hydrogen) atoms. The van der Waals surface area contributed by atoms with Crippen molar-refractivity contribution < 1.29 is 17.9 Å². The highest BCUT2D eigenvalue weighted by atomic mass is 19.4. The van der Waals surface area contributed by atoms with Crippen LogP contribution in [0.3, 0.4) is 0 Å². The van der Waals surface area contributed by atoms with E-state index in [4.69, 9.17) is 4.74 Å². The molecule has 0 aliphatic heterocycles. The molecule has 8 heteroatoms. The topological polar surface area (TPSA) is 48.9 Å². The van der Waals surface area contributed by atoms with Gasteiger partial charge in [0, 0.05) is 25.2 Å². The Labute approximate surface area is 160 Å².